The van der Waals surface area contributed by atoms with Crippen LogP contribution >= 0.6 is 0 Å². The molecule has 0 saturated heterocycles. The number of aliphatic imine (C=N–C) groups is 1. The van der Waals surface area contributed by atoms with Gasteiger partial charge in [-0.3, -0.25) is 4.99 Å². The molecule has 1 heterocycles. The molecule has 0 aliphatic carbocycles. The third-order valence-electron chi connectivity index (χ3n) is 1.44. The van der Waals surface area contributed by atoms with E-state index in [-0.39, 0.29) is 0 Å². The molecule has 0 saturated carbocycles. The zero-order chi connectivity index (χ0) is 8.27. The van der Waals surface area contributed by atoms with Gasteiger partial charge in [-0.05, 0) is 13.8 Å². The number of hydrogen-bond donors (Lipinski definition) is 1. The highest BCUT2D eigenvalue weighted by molar-refractivity contribution is 6.01. The summed E-state index contributed by atoms with van der Waals surface area (Å²) in [6.07, 6.45) is 2.04. The predicted octanol–water partition coefficient (Wildman–Crippen LogP) is 1.51. The van der Waals surface area contributed by atoms with E-state index in [1.165, 1.54) is 5.57 Å². The van der Waals surface area contributed by atoms with Crippen LogP contribution in [0.2, 0.25) is 0 Å². The summed E-state index contributed by atoms with van der Waals surface area (Å²) in [6, 6.07) is 0. The topological polar surface area (TPSA) is 24.4 Å². The number of allylic oxidation sites excluding steroid dienone is 1. The number of amidine groups is 1. The van der Waals surface area contributed by atoms with Crippen LogP contribution in [0.4, 0.5) is 0 Å². The summed E-state index contributed by atoms with van der Waals surface area (Å²) in [5.41, 5.74) is 2.24. The molecule has 0 atom stereocenters. The Morgan fingerprint density at radius 2 is 2.36 bits per heavy atom. The van der Waals surface area contributed by atoms with Gasteiger partial charge in [0.05, 0.1) is 6.54 Å². The smallest absolute Gasteiger partial charge is 0.127 e. The van der Waals surface area contributed by atoms with Crippen molar-refractivity contribution in [2.24, 2.45) is 4.99 Å². The van der Waals surface area contributed by atoms with Crippen molar-refractivity contribution in [1.82, 2.24) is 5.32 Å². The summed E-state index contributed by atoms with van der Waals surface area (Å²) in [5.74, 6) is 0.950. The van der Waals surface area contributed by atoms with Gasteiger partial charge in [-0.2, -0.15) is 0 Å². The van der Waals surface area contributed by atoms with Gasteiger partial charge in [-0.25, -0.2) is 0 Å². The normalized spacial score (nSPS) is 15.3. The second-order valence-electron chi connectivity index (χ2n) is 2.90. The molecule has 0 fully saturated rings. The molecule has 0 aromatic rings. The lowest BCUT2D eigenvalue weighted by Crippen LogP contribution is -2.19. The number of nitrogens with zero attached hydrogens (tertiary/aromatic N) is 1. The Hall–Kier alpha value is -1.05. The molecule has 2 heteroatoms. The Morgan fingerprint density at radius 3 is 2.82 bits per heavy atom. The fourth-order valence-electron chi connectivity index (χ4n) is 1.03. The second kappa shape index (κ2) is 3.37. The molecule has 0 aromatic heterocycles. The molecule has 60 valence electrons. The summed E-state index contributed by atoms with van der Waals surface area (Å²) < 4.78 is 0. The van der Waals surface area contributed by atoms with Crippen LogP contribution in [-0.4, -0.2) is 18.9 Å². The molecule has 0 aromatic carbocycles. The van der Waals surface area contributed by atoms with Crippen LogP contribution in [0.25, 0.3) is 0 Å². The van der Waals surface area contributed by atoms with Crippen molar-refractivity contribution in [3.05, 3.63) is 23.8 Å². The minimum Gasteiger partial charge on any atom is -0.368 e. The largest absolute Gasteiger partial charge is 0.368 e. The third kappa shape index (κ3) is 2.22. The third-order valence-corrected chi connectivity index (χ3v) is 1.44. The van der Waals surface area contributed by atoms with Gasteiger partial charge in [0.1, 0.15) is 5.84 Å². The lowest BCUT2D eigenvalue weighted by molar-refractivity contribution is 0.960. The molecule has 1 aliphatic heterocycles. The predicted molar refractivity (Wildman–Crippen MR) is 48.9 cm³/mol. The minimum atomic E-state index is 0.880. The van der Waals surface area contributed by atoms with Gasteiger partial charge >= 0.3 is 0 Å². The van der Waals surface area contributed by atoms with Crippen LogP contribution in [0.3, 0.4) is 0 Å². The molecule has 0 unspecified atom stereocenters. The van der Waals surface area contributed by atoms with Crippen LogP contribution in [-0.2, 0) is 0 Å². The van der Waals surface area contributed by atoms with Gasteiger partial charge in [0.15, 0.2) is 0 Å². The van der Waals surface area contributed by atoms with E-state index in [0.29, 0.717) is 0 Å². The summed E-state index contributed by atoms with van der Waals surface area (Å²) in [6.45, 7) is 9.85. The Morgan fingerprint density at radius 1 is 1.64 bits per heavy atom. The summed E-state index contributed by atoms with van der Waals surface area (Å²) >= 11 is 0. The zero-order valence-electron chi connectivity index (χ0n) is 7.15. The van der Waals surface area contributed by atoms with Crippen LogP contribution in [0.1, 0.15) is 13.8 Å². The van der Waals surface area contributed by atoms with Crippen molar-refractivity contribution in [2.45, 2.75) is 13.8 Å². The summed E-state index contributed by atoms with van der Waals surface area (Å²) in [7, 11) is 0. The Labute approximate surface area is 67.7 Å². The standard InChI is InChI=1S/C9H14N2/c1-7(2)6-8(3)9-10-4-5-11-9/h6H,3-5H2,1-2H3,(H,10,11). The molecular weight excluding hydrogens is 136 g/mol. The monoisotopic (exact) mass is 150 g/mol. The van der Waals surface area contributed by atoms with Crippen LogP contribution in [0.5, 0.6) is 0 Å². The zero-order valence-corrected chi connectivity index (χ0v) is 7.15. The first kappa shape index (κ1) is 8.05. The molecule has 1 N–H and O–H groups in total. The van der Waals surface area contributed by atoms with Crippen molar-refractivity contribution in [1.29, 1.82) is 0 Å². The maximum Gasteiger partial charge on any atom is 0.127 e. The molecule has 0 bridgehead atoms. The van der Waals surface area contributed by atoms with Crippen molar-refractivity contribution >= 4 is 5.84 Å². The first-order valence-electron chi connectivity index (χ1n) is 3.82. The first-order valence-corrected chi connectivity index (χ1v) is 3.82. The van der Waals surface area contributed by atoms with Crippen LogP contribution in [0.15, 0.2) is 28.8 Å². The molecule has 0 radical (unpaired) electrons. The van der Waals surface area contributed by atoms with Crippen molar-refractivity contribution < 1.29 is 0 Å². The molecular formula is C9H14N2. The van der Waals surface area contributed by atoms with E-state index in [2.05, 4.69) is 30.7 Å². The van der Waals surface area contributed by atoms with E-state index >= 15 is 0 Å². The molecule has 11 heavy (non-hydrogen) atoms. The van der Waals surface area contributed by atoms with Crippen molar-refractivity contribution in [3.8, 4) is 0 Å². The van der Waals surface area contributed by atoms with E-state index < -0.39 is 0 Å². The Bertz CT molecular complexity index is 220. The lowest BCUT2D eigenvalue weighted by atomic mass is 10.2. The average molecular weight is 150 g/mol. The van der Waals surface area contributed by atoms with E-state index in [1.807, 2.05) is 6.08 Å². The number of rotatable bonds is 2. The second-order valence-corrected chi connectivity index (χ2v) is 2.90. The van der Waals surface area contributed by atoms with E-state index in [1.54, 1.807) is 0 Å². The highest BCUT2D eigenvalue weighted by atomic mass is 15.1. The van der Waals surface area contributed by atoms with Crippen LogP contribution in [0, 0.1) is 0 Å². The molecule has 0 amide bonds. The van der Waals surface area contributed by atoms with Gasteiger partial charge in [-0.15, -0.1) is 0 Å². The maximum atomic E-state index is 4.25. The van der Waals surface area contributed by atoms with Gasteiger partial charge < -0.3 is 5.32 Å². The van der Waals surface area contributed by atoms with E-state index in [9.17, 15) is 0 Å². The molecule has 1 aliphatic rings. The average Bonchev–Trinajstić information content (AvgIpc) is 2.35. The van der Waals surface area contributed by atoms with Crippen LogP contribution < -0.4 is 5.32 Å². The number of nitrogens with one attached hydrogen (secondary N) is 1. The van der Waals surface area contributed by atoms with Crippen molar-refractivity contribution in [3.63, 3.8) is 0 Å². The fraction of sp³-hybridized carbons (Fsp3) is 0.444. The van der Waals surface area contributed by atoms with Gasteiger partial charge in [0, 0.05) is 12.1 Å². The maximum absolute atomic E-state index is 4.25. The van der Waals surface area contributed by atoms with E-state index in [4.69, 9.17) is 0 Å². The van der Waals surface area contributed by atoms with E-state index in [0.717, 1.165) is 24.5 Å². The number of hydrogen-bond acceptors (Lipinski definition) is 2. The Kier molecular flexibility index (Phi) is 2.47. The van der Waals surface area contributed by atoms with Gasteiger partial charge in [0.2, 0.25) is 0 Å². The minimum absolute atomic E-state index is 0.880. The highest BCUT2D eigenvalue weighted by Gasteiger charge is 2.05. The summed E-state index contributed by atoms with van der Waals surface area (Å²) in [4.78, 5) is 4.25. The summed E-state index contributed by atoms with van der Waals surface area (Å²) in [5, 5.41) is 3.17. The SMILES string of the molecule is C=C(C=C(C)C)C1=NCCN1. The molecule has 2 nitrogen and oxygen atoms in total. The van der Waals surface area contributed by atoms with Gasteiger partial charge in [-0.1, -0.05) is 18.2 Å². The van der Waals surface area contributed by atoms with Gasteiger partial charge in [0.25, 0.3) is 0 Å². The molecule has 1 rings (SSSR count). The lowest BCUT2D eigenvalue weighted by Gasteiger charge is -2.00. The highest BCUT2D eigenvalue weighted by Crippen LogP contribution is 2.02. The van der Waals surface area contributed by atoms with Crippen molar-refractivity contribution in [2.75, 3.05) is 13.1 Å². The Balaban J connectivity index is 2.61. The fourth-order valence-corrected chi connectivity index (χ4v) is 1.03. The first-order chi connectivity index (χ1) is 5.20. The quantitative estimate of drug-likeness (QED) is 0.593. The molecule has 0 spiro atoms.